The number of aromatic nitrogens is 3. The molecule has 1 saturated heterocycles. The van der Waals surface area contributed by atoms with Crippen LogP contribution in [0.3, 0.4) is 0 Å². The zero-order chi connectivity index (χ0) is 10.9. The van der Waals surface area contributed by atoms with Gasteiger partial charge in [0.25, 0.3) is 0 Å². The minimum absolute atomic E-state index is 0.234. The summed E-state index contributed by atoms with van der Waals surface area (Å²) < 4.78 is 24.0. The first-order valence-corrected chi connectivity index (χ1v) is 6.73. The SMILES string of the molecule is CS(=O)(=O)N1CCC(n2nccn2)CC1. The van der Waals surface area contributed by atoms with Gasteiger partial charge in [-0.2, -0.15) is 15.0 Å². The third kappa shape index (κ3) is 2.35. The Hall–Kier alpha value is -0.950. The van der Waals surface area contributed by atoms with Crippen LogP contribution in [0.25, 0.3) is 0 Å². The molecule has 0 amide bonds. The molecule has 0 saturated carbocycles. The summed E-state index contributed by atoms with van der Waals surface area (Å²) in [6.07, 6.45) is 6.09. The average molecular weight is 230 g/mol. The fourth-order valence-corrected chi connectivity index (χ4v) is 2.69. The van der Waals surface area contributed by atoms with Crippen molar-refractivity contribution in [3.05, 3.63) is 12.4 Å². The quantitative estimate of drug-likeness (QED) is 0.710. The van der Waals surface area contributed by atoms with E-state index >= 15 is 0 Å². The molecule has 1 aliphatic heterocycles. The molecular formula is C8H14N4O2S. The van der Waals surface area contributed by atoms with E-state index in [-0.39, 0.29) is 6.04 Å². The van der Waals surface area contributed by atoms with Crippen LogP contribution in [-0.2, 0) is 10.0 Å². The molecule has 0 unspecified atom stereocenters. The Morgan fingerprint density at radius 2 is 1.73 bits per heavy atom. The van der Waals surface area contributed by atoms with Crippen LogP contribution in [0.4, 0.5) is 0 Å². The van der Waals surface area contributed by atoms with Crippen molar-refractivity contribution < 1.29 is 8.42 Å². The summed E-state index contributed by atoms with van der Waals surface area (Å²) in [7, 11) is -3.03. The molecule has 84 valence electrons. The second-order valence-electron chi connectivity index (χ2n) is 3.74. The van der Waals surface area contributed by atoms with Crippen molar-refractivity contribution >= 4 is 10.0 Å². The predicted octanol–water partition coefficient (Wildman–Crippen LogP) is -0.125. The maximum Gasteiger partial charge on any atom is 0.211 e. The maximum absolute atomic E-state index is 11.3. The van der Waals surface area contributed by atoms with Gasteiger partial charge < -0.3 is 0 Å². The first-order valence-electron chi connectivity index (χ1n) is 4.88. The molecule has 0 aromatic carbocycles. The van der Waals surface area contributed by atoms with E-state index in [4.69, 9.17) is 0 Å². The lowest BCUT2D eigenvalue weighted by atomic mass is 10.1. The molecule has 6 nitrogen and oxygen atoms in total. The number of hydrogen-bond donors (Lipinski definition) is 0. The van der Waals surface area contributed by atoms with E-state index in [9.17, 15) is 8.42 Å². The Kier molecular flexibility index (Phi) is 2.74. The van der Waals surface area contributed by atoms with Crippen molar-refractivity contribution in [1.29, 1.82) is 0 Å². The zero-order valence-corrected chi connectivity index (χ0v) is 9.39. The van der Waals surface area contributed by atoms with Gasteiger partial charge in [0.1, 0.15) is 0 Å². The molecule has 0 bridgehead atoms. The summed E-state index contributed by atoms with van der Waals surface area (Å²) in [5.41, 5.74) is 0. The van der Waals surface area contributed by atoms with Crippen LogP contribution in [0, 0.1) is 0 Å². The number of piperidine rings is 1. The van der Waals surface area contributed by atoms with E-state index in [0.29, 0.717) is 13.1 Å². The lowest BCUT2D eigenvalue weighted by Crippen LogP contribution is -2.38. The van der Waals surface area contributed by atoms with Gasteiger partial charge in [-0.3, -0.25) is 0 Å². The van der Waals surface area contributed by atoms with Gasteiger partial charge in [-0.25, -0.2) is 12.7 Å². The van der Waals surface area contributed by atoms with Crippen molar-refractivity contribution in [3.8, 4) is 0 Å². The minimum atomic E-state index is -3.03. The first-order chi connectivity index (χ1) is 7.07. The molecule has 0 N–H and O–H groups in total. The normalized spacial score (nSPS) is 20.6. The molecule has 0 aliphatic carbocycles. The van der Waals surface area contributed by atoms with E-state index in [0.717, 1.165) is 12.8 Å². The second kappa shape index (κ2) is 3.90. The smallest absolute Gasteiger partial charge is 0.211 e. The molecule has 2 heterocycles. The van der Waals surface area contributed by atoms with Crippen LogP contribution in [0.15, 0.2) is 12.4 Å². The minimum Gasteiger partial charge on any atom is -0.213 e. The van der Waals surface area contributed by atoms with Crippen LogP contribution in [-0.4, -0.2) is 47.1 Å². The van der Waals surface area contributed by atoms with Gasteiger partial charge in [0, 0.05) is 13.1 Å². The largest absolute Gasteiger partial charge is 0.213 e. The summed E-state index contributed by atoms with van der Waals surface area (Å²) in [5, 5.41) is 8.13. The van der Waals surface area contributed by atoms with Gasteiger partial charge in [-0.15, -0.1) is 0 Å². The van der Waals surface area contributed by atoms with Crippen molar-refractivity contribution in [2.24, 2.45) is 0 Å². The van der Waals surface area contributed by atoms with Crippen molar-refractivity contribution in [1.82, 2.24) is 19.3 Å². The fraction of sp³-hybridized carbons (Fsp3) is 0.750. The molecule has 1 aliphatic rings. The van der Waals surface area contributed by atoms with E-state index in [2.05, 4.69) is 10.2 Å². The topological polar surface area (TPSA) is 68.1 Å². The summed E-state index contributed by atoms with van der Waals surface area (Å²) in [6.45, 7) is 1.12. The summed E-state index contributed by atoms with van der Waals surface area (Å²) >= 11 is 0. The average Bonchev–Trinajstić information content (AvgIpc) is 2.69. The first kappa shape index (κ1) is 10.6. The second-order valence-corrected chi connectivity index (χ2v) is 5.73. The lowest BCUT2D eigenvalue weighted by molar-refractivity contribution is 0.246. The Bertz CT molecular complexity index is 406. The summed E-state index contributed by atoms with van der Waals surface area (Å²) in [6, 6.07) is 0.234. The predicted molar refractivity (Wildman–Crippen MR) is 54.7 cm³/mol. The van der Waals surface area contributed by atoms with Crippen LogP contribution in [0.5, 0.6) is 0 Å². The van der Waals surface area contributed by atoms with Crippen molar-refractivity contribution in [2.75, 3.05) is 19.3 Å². The molecule has 0 spiro atoms. The lowest BCUT2D eigenvalue weighted by Gasteiger charge is -2.29. The van der Waals surface area contributed by atoms with Gasteiger partial charge in [0.05, 0.1) is 24.7 Å². The van der Waals surface area contributed by atoms with E-state index in [1.54, 1.807) is 17.2 Å². The van der Waals surface area contributed by atoms with Gasteiger partial charge in [0.15, 0.2) is 0 Å². The van der Waals surface area contributed by atoms with Crippen LogP contribution in [0.2, 0.25) is 0 Å². The molecule has 15 heavy (non-hydrogen) atoms. The van der Waals surface area contributed by atoms with Gasteiger partial charge >= 0.3 is 0 Å². The Labute approximate surface area is 88.9 Å². The third-order valence-corrected chi connectivity index (χ3v) is 3.96. The van der Waals surface area contributed by atoms with Crippen LogP contribution < -0.4 is 0 Å². The van der Waals surface area contributed by atoms with Gasteiger partial charge in [0.2, 0.25) is 10.0 Å². The Morgan fingerprint density at radius 3 is 2.20 bits per heavy atom. The molecule has 1 fully saturated rings. The van der Waals surface area contributed by atoms with E-state index in [1.165, 1.54) is 10.6 Å². The molecule has 0 atom stereocenters. The highest BCUT2D eigenvalue weighted by Crippen LogP contribution is 2.21. The molecule has 1 aromatic heterocycles. The highest BCUT2D eigenvalue weighted by molar-refractivity contribution is 7.88. The molecule has 7 heteroatoms. The molecular weight excluding hydrogens is 216 g/mol. The zero-order valence-electron chi connectivity index (χ0n) is 8.57. The molecule has 1 aromatic rings. The van der Waals surface area contributed by atoms with Crippen molar-refractivity contribution in [3.63, 3.8) is 0 Å². The van der Waals surface area contributed by atoms with Gasteiger partial charge in [-0.05, 0) is 12.8 Å². The Balaban J connectivity index is 1.99. The standard InChI is InChI=1S/C8H14N4O2S/c1-15(13,14)11-6-2-8(3-7-11)12-9-4-5-10-12/h4-5,8H,2-3,6-7H2,1H3. The van der Waals surface area contributed by atoms with Crippen molar-refractivity contribution in [2.45, 2.75) is 18.9 Å². The number of sulfonamides is 1. The molecule has 0 radical (unpaired) electrons. The van der Waals surface area contributed by atoms with Crippen LogP contribution in [0.1, 0.15) is 18.9 Å². The highest BCUT2D eigenvalue weighted by atomic mass is 32.2. The van der Waals surface area contributed by atoms with E-state index in [1.807, 2.05) is 0 Å². The molecule has 2 rings (SSSR count). The number of rotatable bonds is 2. The maximum atomic E-state index is 11.3. The summed E-state index contributed by atoms with van der Waals surface area (Å²) in [5.74, 6) is 0. The van der Waals surface area contributed by atoms with Gasteiger partial charge in [-0.1, -0.05) is 0 Å². The van der Waals surface area contributed by atoms with E-state index < -0.39 is 10.0 Å². The highest BCUT2D eigenvalue weighted by Gasteiger charge is 2.26. The number of hydrogen-bond acceptors (Lipinski definition) is 4. The Morgan fingerprint density at radius 1 is 1.20 bits per heavy atom. The monoisotopic (exact) mass is 230 g/mol. The third-order valence-electron chi connectivity index (χ3n) is 2.66. The number of nitrogens with zero attached hydrogens (tertiary/aromatic N) is 4. The summed E-state index contributed by atoms with van der Waals surface area (Å²) in [4.78, 5) is 1.67. The van der Waals surface area contributed by atoms with Crippen LogP contribution >= 0.6 is 0 Å². The fourth-order valence-electron chi connectivity index (χ4n) is 1.82.